The number of aryl methyl sites for hydroxylation is 1. The minimum Gasteiger partial charge on any atom is -0.544 e. The Labute approximate surface area is 170 Å². The number of carbonyl (C=O) groups is 1. The average Bonchev–Trinajstić information content (AvgIpc) is 3.31. The lowest BCUT2D eigenvalue weighted by molar-refractivity contribution is -0.298. The molecule has 0 aliphatic rings. The van der Waals surface area contributed by atoms with Crippen molar-refractivity contribution in [3.63, 3.8) is 0 Å². The number of aromatic amines is 1. The molecule has 0 radical (unpaired) electrons. The van der Waals surface area contributed by atoms with Crippen LogP contribution in [0.2, 0.25) is 0 Å². The third-order valence-electron chi connectivity index (χ3n) is 4.30. The van der Waals surface area contributed by atoms with Crippen LogP contribution in [0.15, 0.2) is 63.1 Å². The van der Waals surface area contributed by atoms with Gasteiger partial charge in [0.2, 0.25) is 5.89 Å². The number of ether oxygens (including phenoxy) is 1. The molecule has 0 atom stereocenters. The Morgan fingerprint density at radius 2 is 1.97 bits per heavy atom. The lowest BCUT2D eigenvalue weighted by Crippen LogP contribution is -2.23. The molecule has 0 aliphatic carbocycles. The summed E-state index contributed by atoms with van der Waals surface area (Å²) in [5, 5.41) is 20.4. The highest BCUT2D eigenvalue weighted by molar-refractivity contribution is 8.03. The molecule has 0 bridgehead atoms. The van der Waals surface area contributed by atoms with Gasteiger partial charge >= 0.3 is 0 Å². The molecule has 29 heavy (non-hydrogen) atoms. The first-order chi connectivity index (χ1) is 14.1. The monoisotopic (exact) mass is 406 g/mol. The molecule has 4 rings (SSSR count). The Hall–Kier alpha value is -3.52. The summed E-state index contributed by atoms with van der Waals surface area (Å²) in [7, 11) is 1.59. The maximum atomic E-state index is 11.8. The number of hydrogen-bond donors (Lipinski definition) is 1. The van der Waals surface area contributed by atoms with Crippen LogP contribution in [0.4, 0.5) is 0 Å². The molecule has 0 aliphatic heterocycles. The van der Waals surface area contributed by atoms with Gasteiger partial charge in [0.1, 0.15) is 5.75 Å². The van der Waals surface area contributed by atoms with Crippen LogP contribution in [-0.4, -0.2) is 28.3 Å². The molecule has 146 valence electrons. The molecule has 7 nitrogen and oxygen atoms in total. The van der Waals surface area contributed by atoms with Gasteiger partial charge in [-0.15, -0.1) is 10.2 Å². The van der Waals surface area contributed by atoms with E-state index in [9.17, 15) is 9.90 Å². The SMILES string of the molecule is COc1cccc2c(/C=C(\Sc3nnc(C)o3)C(=O)[O-])c(-c3ccccc3)[nH]c12. The van der Waals surface area contributed by atoms with Crippen LogP contribution in [-0.2, 0) is 4.79 Å². The van der Waals surface area contributed by atoms with Gasteiger partial charge in [-0.3, -0.25) is 0 Å². The number of rotatable bonds is 6. The van der Waals surface area contributed by atoms with Crippen molar-refractivity contribution in [3.8, 4) is 17.0 Å². The van der Waals surface area contributed by atoms with Crippen molar-refractivity contribution in [2.75, 3.05) is 7.11 Å². The summed E-state index contributed by atoms with van der Waals surface area (Å²) in [5.41, 5.74) is 3.16. The van der Waals surface area contributed by atoms with Crippen LogP contribution in [0.1, 0.15) is 11.5 Å². The van der Waals surface area contributed by atoms with E-state index in [1.807, 2.05) is 48.5 Å². The van der Waals surface area contributed by atoms with Crippen LogP contribution in [0, 0.1) is 6.92 Å². The van der Waals surface area contributed by atoms with Crippen molar-refractivity contribution < 1.29 is 19.1 Å². The third-order valence-corrected chi connectivity index (χ3v) is 5.14. The van der Waals surface area contributed by atoms with Gasteiger partial charge in [-0.05, 0) is 29.5 Å². The number of para-hydroxylation sites is 1. The number of H-pyrrole nitrogens is 1. The Morgan fingerprint density at radius 1 is 1.17 bits per heavy atom. The Bertz CT molecular complexity index is 1210. The number of methoxy groups -OCH3 is 1. The zero-order chi connectivity index (χ0) is 20.4. The highest BCUT2D eigenvalue weighted by Gasteiger charge is 2.17. The van der Waals surface area contributed by atoms with Crippen molar-refractivity contribution in [2.24, 2.45) is 0 Å². The number of nitrogens with zero attached hydrogens (tertiary/aromatic N) is 2. The predicted octanol–water partition coefficient (Wildman–Crippen LogP) is 3.42. The highest BCUT2D eigenvalue weighted by atomic mass is 32.2. The summed E-state index contributed by atoms with van der Waals surface area (Å²) in [5.74, 6) is -0.316. The van der Waals surface area contributed by atoms with E-state index < -0.39 is 5.97 Å². The summed E-state index contributed by atoms with van der Waals surface area (Å²) in [4.78, 5) is 15.1. The van der Waals surface area contributed by atoms with Crippen molar-refractivity contribution in [2.45, 2.75) is 12.1 Å². The van der Waals surface area contributed by atoms with Crippen LogP contribution in [0.3, 0.4) is 0 Å². The van der Waals surface area contributed by atoms with Gasteiger partial charge in [0.25, 0.3) is 5.22 Å². The molecule has 0 unspecified atom stereocenters. The van der Waals surface area contributed by atoms with Crippen LogP contribution >= 0.6 is 11.8 Å². The maximum absolute atomic E-state index is 11.8. The number of nitrogens with one attached hydrogen (secondary N) is 1. The summed E-state index contributed by atoms with van der Waals surface area (Å²) in [6.45, 7) is 1.64. The fraction of sp³-hybridized carbons (Fsp3) is 0.0952. The predicted molar refractivity (Wildman–Crippen MR) is 108 cm³/mol. The summed E-state index contributed by atoms with van der Waals surface area (Å²) in [6, 6.07) is 15.3. The quantitative estimate of drug-likeness (QED) is 0.386. The van der Waals surface area contributed by atoms with Gasteiger partial charge in [-0.2, -0.15) is 0 Å². The number of carboxylic acids is 1. The first kappa shape index (κ1) is 18.8. The lowest BCUT2D eigenvalue weighted by atomic mass is 10.0. The number of aromatic nitrogens is 3. The van der Waals surface area contributed by atoms with E-state index in [0.29, 0.717) is 17.2 Å². The molecule has 2 heterocycles. The molecule has 2 aromatic carbocycles. The lowest BCUT2D eigenvalue weighted by Gasteiger charge is -2.07. The zero-order valence-corrected chi connectivity index (χ0v) is 16.4. The second-order valence-electron chi connectivity index (χ2n) is 6.15. The van der Waals surface area contributed by atoms with E-state index in [-0.39, 0.29) is 10.1 Å². The second kappa shape index (κ2) is 7.84. The largest absolute Gasteiger partial charge is 0.544 e. The van der Waals surface area contributed by atoms with E-state index in [1.54, 1.807) is 20.1 Å². The van der Waals surface area contributed by atoms with Gasteiger partial charge < -0.3 is 24.0 Å². The Morgan fingerprint density at radius 3 is 2.62 bits per heavy atom. The fourth-order valence-electron chi connectivity index (χ4n) is 3.04. The molecule has 8 heteroatoms. The molecular weight excluding hydrogens is 390 g/mol. The number of carboxylic acid groups (broad SMARTS) is 1. The summed E-state index contributed by atoms with van der Waals surface area (Å²) < 4.78 is 10.8. The van der Waals surface area contributed by atoms with Crippen molar-refractivity contribution in [1.82, 2.24) is 15.2 Å². The number of aliphatic carboxylic acids is 1. The smallest absolute Gasteiger partial charge is 0.281 e. The van der Waals surface area contributed by atoms with E-state index in [1.165, 1.54) is 0 Å². The summed E-state index contributed by atoms with van der Waals surface area (Å²) in [6.07, 6.45) is 1.56. The van der Waals surface area contributed by atoms with Crippen molar-refractivity contribution in [3.05, 3.63) is 64.9 Å². The molecular formula is C21H16N3O4S-. The molecule has 0 amide bonds. The van der Waals surface area contributed by atoms with E-state index in [2.05, 4.69) is 15.2 Å². The standard InChI is InChI=1S/C21H17N3O4S/c1-12-23-24-21(28-12)29-17(20(25)26)11-15-14-9-6-10-16(27-2)19(14)22-18(15)13-7-4-3-5-8-13/h3-11,22H,1-2H3,(H,25,26)/p-1/b17-11-. The Kier molecular flexibility index (Phi) is 5.09. The molecule has 0 fully saturated rings. The van der Waals surface area contributed by atoms with Gasteiger partial charge in [-0.1, -0.05) is 42.5 Å². The van der Waals surface area contributed by atoms with Crippen molar-refractivity contribution in [1.29, 1.82) is 0 Å². The third kappa shape index (κ3) is 3.74. The maximum Gasteiger partial charge on any atom is 0.281 e. The van der Waals surface area contributed by atoms with E-state index >= 15 is 0 Å². The molecule has 0 saturated carbocycles. The summed E-state index contributed by atoms with van der Waals surface area (Å²) >= 11 is 0.852. The van der Waals surface area contributed by atoms with Gasteiger partial charge in [0, 0.05) is 22.8 Å². The number of benzene rings is 2. The van der Waals surface area contributed by atoms with Gasteiger partial charge in [0.15, 0.2) is 0 Å². The minimum absolute atomic E-state index is 0.0467. The van der Waals surface area contributed by atoms with Crippen molar-refractivity contribution >= 4 is 34.7 Å². The molecule has 0 spiro atoms. The topological polar surface area (TPSA) is 104 Å². The Balaban J connectivity index is 1.92. The number of thioether (sulfide) groups is 1. The fourth-order valence-corrected chi connectivity index (χ4v) is 3.73. The van der Waals surface area contributed by atoms with Gasteiger partial charge in [-0.25, -0.2) is 0 Å². The van der Waals surface area contributed by atoms with Crippen LogP contribution in [0.25, 0.3) is 28.2 Å². The number of hydrogen-bond acceptors (Lipinski definition) is 7. The number of fused-ring (bicyclic) bond motifs is 1. The van der Waals surface area contributed by atoms with Crippen LogP contribution in [0.5, 0.6) is 5.75 Å². The molecule has 4 aromatic rings. The highest BCUT2D eigenvalue weighted by Crippen LogP contribution is 2.38. The van der Waals surface area contributed by atoms with Crippen LogP contribution < -0.4 is 9.84 Å². The van der Waals surface area contributed by atoms with Gasteiger partial charge in [0.05, 0.1) is 24.3 Å². The first-order valence-electron chi connectivity index (χ1n) is 8.72. The molecule has 1 N–H and O–H groups in total. The molecule has 2 aromatic heterocycles. The van der Waals surface area contributed by atoms with E-state index in [4.69, 9.17) is 9.15 Å². The normalized spacial score (nSPS) is 11.7. The minimum atomic E-state index is -1.33. The number of carbonyl (C=O) groups excluding carboxylic acids is 1. The second-order valence-corrected chi connectivity index (χ2v) is 7.14. The zero-order valence-electron chi connectivity index (χ0n) is 15.6. The average molecular weight is 406 g/mol. The first-order valence-corrected chi connectivity index (χ1v) is 9.53. The molecule has 0 saturated heterocycles. The van der Waals surface area contributed by atoms with E-state index in [0.717, 1.165) is 33.9 Å².